The number of alkyl halides is 2. The van der Waals surface area contributed by atoms with Crippen molar-refractivity contribution in [1.82, 2.24) is 5.32 Å². The second-order valence-corrected chi connectivity index (χ2v) is 4.68. The Morgan fingerprint density at radius 1 is 1.32 bits per heavy atom. The van der Waals surface area contributed by atoms with Gasteiger partial charge in [0.05, 0.1) is 11.6 Å². The van der Waals surface area contributed by atoms with E-state index in [1.54, 1.807) is 6.92 Å². The van der Waals surface area contributed by atoms with Crippen molar-refractivity contribution in [3.63, 3.8) is 0 Å². The van der Waals surface area contributed by atoms with Crippen molar-refractivity contribution >= 4 is 23.2 Å². The van der Waals surface area contributed by atoms with E-state index in [4.69, 9.17) is 27.9 Å². The molecule has 1 N–H and O–H groups in total. The van der Waals surface area contributed by atoms with Crippen LogP contribution in [0.5, 0.6) is 0 Å². The molecule has 0 saturated carbocycles. The van der Waals surface area contributed by atoms with Crippen LogP contribution in [0.2, 0.25) is 10.0 Å². The van der Waals surface area contributed by atoms with Gasteiger partial charge in [-0.3, -0.25) is 0 Å². The lowest BCUT2D eigenvalue weighted by atomic mass is 10.1. The van der Waals surface area contributed by atoms with Crippen molar-refractivity contribution in [2.75, 3.05) is 19.8 Å². The summed E-state index contributed by atoms with van der Waals surface area (Å²) >= 11 is 11.8. The highest BCUT2D eigenvalue weighted by Gasteiger charge is 2.16. The van der Waals surface area contributed by atoms with E-state index in [1.807, 2.05) is 0 Å². The smallest absolute Gasteiger partial charge is 0.261 e. The molecule has 0 saturated heterocycles. The third-order valence-electron chi connectivity index (χ3n) is 2.45. The fourth-order valence-electron chi connectivity index (χ4n) is 1.56. The Labute approximate surface area is 119 Å². The van der Waals surface area contributed by atoms with Gasteiger partial charge in [0.25, 0.3) is 6.43 Å². The van der Waals surface area contributed by atoms with E-state index in [9.17, 15) is 13.2 Å². The summed E-state index contributed by atoms with van der Waals surface area (Å²) in [4.78, 5) is 0. The van der Waals surface area contributed by atoms with Crippen LogP contribution in [0.1, 0.15) is 18.5 Å². The maximum Gasteiger partial charge on any atom is 0.261 e. The first-order valence-electron chi connectivity index (χ1n) is 5.66. The molecule has 0 radical (unpaired) electrons. The molecule has 0 amide bonds. The summed E-state index contributed by atoms with van der Waals surface area (Å²) in [5.74, 6) is -0.552. The summed E-state index contributed by atoms with van der Waals surface area (Å²) < 4.78 is 41.7. The van der Waals surface area contributed by atoms with Crippen LogP contribution < -0.4 is 5.32 Å². The Morgan fingerprint density at radius 2 is 2.00 bits per heavy atom. The second-order valence-electron chi connectivity index (χ2n) is 3.90. The van der Waals surface area contributed by atoms with Crippen LogP contribution in [0.15, 0.2) is 12.1 Å². The average Bonchev–Trinajstić information content (AvgIpc) is 2.33. The summed E-state index contributed by atoms with van der Waals surface area (Å²) in [5.41, 5.74) is 0.442. The maximum absolute atomic E-state index is 13.3. The Bertz CT molecular complexity index is 418. The molecule has 1 rings (SSSR count). The van der Waals surface area contributed by atoms with Gasteiger partial charge in [-0.25, -0.2) is 13.2 Å². The topological polar surface area (TPSA) is 21.3 Å². The first kappa shape index (κ1) is 16.6. The fraction of sp³-hybridized carbons (Fsp3) is 0.500. The molecular weight excluding hydrogens is 302 g/mol. The summed E-state index contributed by atoms with van der Waals surface area (Å²) in [7, 11) is 0. The molecule has 2 nitrogen and oxygen atoms in total. The van der Waals surface area contributed by atoms with Crippen molar-refractivity contribution in [1.29, 1.82) is 0 Å². The zero-order valence-electron chi connectivity index (χ0n) is 10.2. The zero-order chi connectivity index (χ0) is 14.4. The predicted molar refractivity (Wildman–Crippen MR) is 69.7 cm³/mol. The van der Waals surface area contributed by atoms with E-state index in [-0.39, 0.29) is 17.7 Å². The molecule has 1 unspecified atom stereocenters. The first-order chi connectivity index (χ1) is 8.93. The van der Waals surface area contributed by atoms with Gasteiger partial charge in [-0.15, -0.1) is 0 Å². The minimum absolute atomic E-state index is 0.0407. The van der Waals surface area contributed by atoms with E-state index in [1.165, 1.54) is 12.1 Å². The molecule has 19 heavy (non-hydrogen) atoms. The van der Waals surface area contributed by atoms with Gasteiger partial charge in [0.1, 0.15) is 12.4 Å². The SMILES string of the molecule is CC(NCCOCC(F)F)c1c(Cl)ccc(F)c1Cl. The molecule has 1 aromatic rings. The quantitative estimate of drug-likeness (QED) is 0.605. The lowest BCUT2D eigenvalue weighted by Gasteiger charge is -2.17. The molecular formula is C12H14Cl2F3NO. The molecule has 0 fully saturated rings. The van der Waals surface area contributed by atoms with Gasteiger partial charge in [-0.1, -0.05) is 23.2 Å². The van der Waals surface area contributed by atoms with E-state index in [0.717, 1.165) is 0 Å². The van der Waals surface area contributed by atoms with Gasteiger partial charge in [-0.2, -0.15) is 0 Å². The third kappa shape index (κ3) is 5.18. The lowest BCUT2D eigenvalue weighted by molar-refractivity contribution is 0.0183. The van der Waals surface area contributed by atoms with E-state index < -0.39 is 18.8 Å². The van der Waals surface area contributed by atoms with E-state index in [0.29, 0.717) is 17.1 Å². The van der Waals surface area contributed by atoms with Gasteiger partial charge in [0.2, 0.25) is 0 Å². The standard InChI is InChI=1S/C12H14Cl2F3NO/c1-7(18-4-5-19-6-10(16)17)11-8(13)2-3-9(15)12(11)14/h2-3,7,10,18H,4-6H2,1H3. The summed E-state index contributed by atoms with van der Waals surface area (Å²) in [5, 5.41) is 3.28. The predicted octanol–water partition coefficient (Wildman–Crippen LogP) is 4.06. The fourth-order valence-corrected chi connectivity index (χ4v) is 2.26. The van der Waals surface area contributed by atoms with Gasteiger partial charge in [-0.05, 0) is 19.1 Å². The Hall–Kier alpha value is -0.490. The van der Waals surface area contributed by atoms with Gasteiger partial charge in [0, 0.05) is 23.2 Å². The van der Waals surface area contributed by atoms with Gasteiger partial charge < -0.3 is 10.1 Å². The van der Waals surface area contributed by atoms with Crippen molar-refractivity contribution in [2.24, 2.45) is 0 Å². The van der Waals surface area contributed by atoms with Crippen molar-refractivity contribution in [3.05, 3.63) is 33.6 Å². The van der Waals surface area contributed by atoms with Crippen LogP contribution in [-0.4, -0.2) is 26.2 Å². The highest BCUT2D eigenvalue weighted by molar-refractivity contribution is 6.36. The molecule has 0 spiro atoms. The summed E-state index contributed by atoms with van der Waals surface area (Å²) in [6.45, 7) is 1.60. The number of nitrogens with one attached hydrogen (secondary N) is 1. The van der Waals surface area contributed by atoms with Crippen molar-refractivity contribution in [2.45, 2.75) is 19.4 Å². The molecule has 108 valence electrons. The molecule has 0 aliphatic carbocycles. The van der Waals surface area contributed by atoms with E-state index >= 15 is 0 Å². The Morgan fingerprint density at radius 3 is 2.63 bits per heavy atom. The maximum atomic E-state index is 13.3. The lowest BCUT2D eigenvalue weighted by Crippen LogP contribution is -2.24. The number of rotatable bonds is 7. The van der Waals surface area contributed by atoms with Crippen molar-refractivity contribution in [3.8, 4) is 0 Å². The number of halogens is 5. The summed E-state index contributed by atoms with van der Waals surface area (Å²) in [6, 6.07) is 2.29. The highest BCUT2D eigenvalue weighted by Crippen LogP contribution is 2.32. The molecule has 7 heteroatoms. The molecule has 1 atom stereocenters. The third-order valence-corrected chi connectivity index (χ3v) is 3.17. The minimum Gasteiger partial charge on any atom is -0.374 e. The Kier molecular flexibility index (Phi) is 6.93. The van der Waals surface area contributed by atoms with Crippen LogP contribution in [-0.2, 0) is 4.74 Å². The van der Waals surface area contributed by atoms with Crippen molar-refractivity contribution < 1.29 is 17.9 Å². The number of benzene rings is 1. The van der Waals surface area contributed by atoms with Crippen LogP contribution >= 0.6 is 23.2 Å². The molecule has 0 bridgehead atoms. The number of hydrogen-bond donors (Lipinski definition) is 1. The average molecular weight is 316 g/mol. The van der Waals surface area contributed by atoms with Crippen LogP contribution in [0.3, 0.4) is 0 Å². The Balaban J connectivity index is 2.50. The second kappa shape index (κ2) is 7.94. The molecule has 0 aromatic heterocycles. The molecule has 0 aliphatic heterocycles. The molecule has 0 aliphatic rings. The zero-order valence-corrected chi connectivity index (χ0v) is 11.7. The van der Waals surface area contributed by atoms with Gasteiger partial charge >= 0.3 is 0 Å². The van der Waals surface area contributed by atoms with Gasteiger partial charge in [0.15, 0.2) is 0 Å². The van der Waals surface area contributed by atoms with Crippen LogP contribution in [0.4, 0.5) is 13.2 Å². The molecule has 1 aromatic carbocycles. The highest BCUT2D eigenvalue weighted by atomic mass is 35.5. The number of ether oxygens (including phenoxy) is 1. The van der Waals surface area contributed by atoms with Crippen LogP contribution in [0, 0.1) is 5.82 Å². The van der Waals surface area contributed by atoms with Crippen LogP contribution in [0.25, 0.3) is 0 Å². The normalized spacial score (nSPS) is 13.0. The number of hydrogen-bond acceptors (Lipinski definition) is 2. The minimum atomic E-state index is -2.48. The monoisotopic (exact) mass is 315 g/mol. The molecule has 0 heterocycles. The largest absolute Gasteiger partial charge is 0.374 e. The van der Waals surface area contributed by atoms with E-state index in [2.05, 4.69) is 5.32 Å². The first-order valence-corrected chi connectivity index (χ1v) is 6.41. The summed E-state index contributed by atoms with van der Waals surface area (Å²) in [6.07, 6.45) is -2.48.